The van der Waals surface area contributed by atoms with Gasteiger partial charge in [0.2, 0.25) is 5.91 Å². The quantitative estimate of drug-likeness (QED) is 0.850. The van der Waals surface area contributed by atoms with E-state index in [-0.39, 0.29) is 5.91 Å². The third kappa shape index (κ3) is 4.30. The van der Waals surface area contributed by atoms with E-state index < -0.39 is 0 Å². The molecule has 1 saturated carbocycles. The summed E-state index contributed by atoms with van der Waals surface area (Å²) < 4.78 is 5.26. The van der Waals surface area contributed by atoms with Crippen LogP contribution >= 0.6 is 0 Å². The molecule has 1 aliphatic heterocycles. The van der Waals surface area contributed by atoms with E-state index in [1.54, 1.807) is 0 Å². The third-order valence-electron chi connectivity index (χ3n) is 4.61. The zero-order valence-electron chi connectivity index (χ0n) is 13.5. The fourth-order valence-corrected chi connectivity index (χ4v) is 3.03. The number of hydrogen-bond acceptors (Lipinski definition) is 5. The van der Waals surface area contributed by atoms with Crippen molar-refractivity contribution in [2.45, 2.75) is 39.3 Å². The highest BCUT2D eigenvalue weighted by atomic mass is 16.5. The second kappa shape index (κ2) is 6.79. The third-order valence-corrected chi connectivity index (χ3v) is 4.61. The van der Waals surface area contributed by atoms with Crippen LogP contribution in [0.15, 0.2) is 10.6 Å². The molecular formula is C16H26N4O2. The van der Waals surface area contributed by atoms with E-state index in [1.165, 1.54) is 12.8 Å². The fraction of sp³-hybridized carbons (Fsp3) is 0.750. The Morgan fingerprint density at radius 2 is 2.05 bits per heavy atom. The molecule has 0 bridgehead atoms. The highest BCUT2D eigenvalue weighted by Crippen LogP contribution is 2.32. The Balaban J connectivity index is 1.37. The van der Waals surface area contributed by atoms with Gasteiger partial charge >= 0.3 is 0 Å². The molecule has 1 aliphatic carbocycles. The molecule has 2 heterocycles. The zero-order chi connectivity index (χ0) is 15.5. The largest absolute Gasteiger partial charge is 0.360 e. The van der Waals surface area contributed by atoms with Gasteiger partial charge < -0.3 is 9.84 Å². The molecule has 0 radical (unpaired) electrons. The Bertz CT molecular complexity index is 504. The maximum absolute atomic E-state index is 12.0. The molecule has 6 heteroatoms. The first-order valence-corrected chi connectivity index (χ1v) is 8.26. The molecular weight excluding hydrogens is 280 g/mol. The normalized spacial score (nSPS) is 21.7. The molecule has 122 valence electrons. The van der Waals surface area contributed by atoms with Crippen LogP contribution in [0, 0.1) is 12.8 Å². The SMILES string of the molecule is Cc1cc(CN2CCN(CC(=O)NC(C)C3CC3)CC2)on1. The minimum Gasteiger partial charge on any atom is -0.360 e. The van der Waals surface area contributed by atoms with Crippen molar-refractivity contribution >= 4 is 5.91 Å². The summed E-state index contributed by atoms with van der Waals surface area (Å²) in [7, 11) is 0. The van der Waals surface area contributed by atoms with Gasteiger partial charge in [-0.1, -0.05) is 5.16 Å². The lowest BCUT2D eigenvalue weighted by Crippen LogP contribution is -2.50. The van der Waals surface area contributed by atoms with E-state index in [2.05, 4.69) is 27.2 Å². The van der Waals surface area contributed by atoms with Gasteiger partial charge in [-0.3, -0.25) is 14.6 Å². The molecule has 1 saturated heterocycles. The lowest BCUT2D eigenvalue weighted by atomic mass is 10.2. The summed E-state index contributed by atoms with van der Waals surface area (Å²) in [5, 5.41) is 7.04. The number of carbonyl (C=O) groups excluding carboxylic acids is 1. The van der Waals surface area contributed by atoms with Crippen molar-refractivity contribution in [2.75, 3.05) is 32.7 Å². The summed E-state index contributed by atoms with van der Waals surface area (Å²) in [6.07, 6.45) is 2.53. The Labute approximate surface area is 131 Å². The molecule has 1 atom stereocenters. The number of piperazine rings is 1. The number of hydrogen-bond donors (Lipinski definition) is 1. The van der Waals surface area contributed by atoms with E-state index in [1.807, 2.05) is 13.0 Å². The lowest BCUT2D eigenvalue weighted by Gasteiger charge is -2.33. The molecule has 1 N–H and O–H groups in total. The van der Waals surface area contributed by atoms with Crippen LogP contribution in [0.25, 0.3) is 0 Å². The minimum atomic E-state index is 0.165. The van der Waals surface area contributed by atoms with Crippen LogP contribution in [0.5, 0.6) is 0 Å². The zero-order valence-corrected chi connectivity index (χ0v) is 13.5. The first-order chi connectivity index (χ1) is 10.6. The second-order valence-corrected chi connectivity index (χ2v) is 6.68. The van der Waals surface area contributed by atoms with Gasteiger partial charge in [-0.05, 0) is 32.6 Å². The van der Waals surface area contributed by atoms with Crippen LogP contribution < -0.4 is 5.32 Å². The van der Waals surface area contributed by atoms with E-state index in [0.717, 1.165) is 44.2 Å². The molecule has 1 aromatic heterocycles. The van der Waals surface area contributed by atoms with Crippen LogP contribution in [0.2, 0.25) is 0 Å². The maximum atomic E-state index is 12.0. The Kier molecular flexibility index (Phi) is 4.78. The van der Waals surface area contributed by atoms with Gasteiger partial charge in [0.15, 0.2) is 5.76 Å². The van der Waals surface area contributed by atoms with Gasteiger partial charge in [-0.15, -0.1) is 0 Å². The van der Waals surface area contributed by atoms with Gasteiger partial charge in [-0.2, -0.15) is 0 Å². The molecule has 3 rings (SSSR count). The van der Waals surface area contributed by atoms with Crippen LogP contribution in [0.1, 0.15) is 31.2 Å². The summed E-state index contributed by atoms with van der Waals surface area (Å²) in [6, 6.07) is 2.32. The van der Waals surface area contributed by atoms with Crippen molar-refractivity contribution in [3.63, 3.8) is 0 Å². The first kappa shape index (κ1) is 15.5. The Morgan fingerprint density at radius 3 is 2.64 bits per heavy atom. The second-order valence-electron chi connectivity index (χ2n) is 6.68. The molecule has 6 nitrogen and oxygen atoms in total. The van der Waals surface area contributed by atoms with Crippen LogP contribution in [0.4, 0.5) is 0 Å². The predicted octanol–water partition coefficient (Wildman–Crippen LogP) is 1.02. The van der Waals surface area contributed by atoms with Crippen LogP contribution in [-0.4, -0.2) is 59.6 Å². The van der Waals surface area contributed by atoms with Gasteiger partial charge in [0.25, 0.3) is 0 Å². The Morgan fingerprint density at radius 1 is 1.36 bits per heavy atom. The smallest absolute Gasteiger partial charge is 0.234 e. The van der Waals surface area contributed by atoms with Crippen molar-refractivity contribution in [3.05, 3.63) is 17.5 Å². The molecule has 22 heavy (non-hydrogen) atoms. The van der Waals surface area contributed by atoms with Crippen molar-refractivity contribution in [3.8, 4) is 0 Å². The predicted molar refractivity (Wildman–Crippen MR) is 83.3 cm³/mol. The average molecular weight is 306 g/mol. The lowest BCUT2D eigenvalue weighted by molar-refractivity contribution is -0.123. The molecule has 1 amide bonds. The molecule has 2 fully saturated rings. The van der Waals surface area contributed by atoms with Crippen LogP contribution in [-0.2, 0) is 11.3 Å². The Hall–Kier alpha value is -1.40. The van der Waals surface area contributed by atoms with E-state index in [9.17, 15) is 4.79 Å². The fourth-order valence-electron chi connectivity index (χ4n) is 3.03. The number of nitrogens with one attached hydrogen (secondary N) is 1. The van der Waals surface area contributed by atoms with Crippen molar-refractivity contribution < 1.29 is 9.32 Å². The number of aromatic nitrogens is 1. The van der Waals surface area contributed by atoms with E-state index >= 15 is 0 Å². The maximum Gasteiger partial charge on any atom is 0.234 e. The van der Waals surface area contributed by atoms with Gasteiger partial charge in [0.05, 0.1) is 18.8 Å². The molecule has 0 aromatic carbocycles. The van der Waals surface area contributed by atoms with Gasteiger partial charge in [-0.25, -0.2) is 0 Å². The van der Waals surface area contributed by atoms with E-state index in [0.29, 0.717) is 18.5 Å². The van der Waals surface area contributed by atoms with Gasteiger partial charge in [0.1, 0.15) is 0 Å². The van der Waals surface area contributed by atoms with Crippen molar-refractivity contribution in [1.29, 1.82) is 0 Å². The average Bonchev–Trinajstić information content (AvgIpc) is 3.25. The first-order valence-electron chi connectivity index (χ1n) is 8.26. The topological polar surface area (TPSA) is 61.6 Å². The number of rotatable bonds is 6. The highest BCUT2D eigenvalue weighted by molar-refractivity contribution is 5.78. The van der Waals surface area contributed by atoms with Crippen molar-refractivity contribution in [2.24, 2.45) is 5.92 Å². The van der Waals surface area contributed by atoms with Crippen LogP contribution in [0.3, 0.4) is 0 Å². The summed E-state index contributed by atoms with van der Waals surface area (Å²) in [6.45, 7) is 9.16. The summed E-state index contributed by atoms with van der Waals surface area (Å²) in [5.41, 5.74) is 0.926. The number of nitrogens with zero attached hydrogens (tertiary/aromatic N) is 3. The number of carbonyl (C=O) groups is 1. The van der Waals surface area contributed by atoms with Crippen molar-refractivity contribution in [1.82, 2.24) is 20.3 Å². The summed E-state index contributed by atoms with van der Waals surface area (Å²) in [5.74, 6) is 1.80. The molecule has 2 aliphatic rings. The molecule has 0 spiro atoms. The minimum absolute atomic E-state index is 0.165. The monoisotopic (exact) mass is 306 g/mol. The van der Waals surface area contributed by atoms with Gasteiger partial charge in [0, 0.05) is 38.3 Å². The summed E-state index contributed by atoms with van der Waals surface area (Å²) >= 11 is 0. The molecule has 1 aromatic rings. The molecule has 1 unspecified atom stereocenters. The summed E-state index contributed by atoms with van der Waals surface area (Å²) in [4.78, 5) is 16.6. The number of amides is 1. The highest BCUT2D eigenvalue weighted by Gasteiger charge is 2.29. The number of aryl methyl sites for hydroxylation is 1. The standard InChI is InChI=1S/C16H26N4O2/c1-12-9-15(22-18-12)10-19-5-7-20(8-6-19)11-16(21)17-13(2)14-3-4-14/h9,13-14H,3-8,10-11H2,1-2H3,(H,17,21). The van der Waals surface area contributed by atoms with E-state index in [4.69, 9.17) is 4.52 Å².